The minimum absolute atomic E-state index is 0.0923. The molecule has 1 atom stereocenters. The molecular weight excluding hydrogens is 782 g/mol. The lowest BCUT2D eigenvalue weighted by Crippen LogP contribution is -2.62. The summed E-state index contributed by atoms with van der Waals surface area (Å²) in [6.07, 6.45) is 4.21. The number of ether oxygens (including phenoxy) is 1. The lowest BCUT2D eigenvalue weighted by molar-refractivity contribution is -0.137. The van der Waals surface area contributed by atoms with Crippen molar-refractivity contribution in [2.75, 3.05) is 48.4 Å². The average molecular weight is 830 g/mol. The molecule has 4 aliphatic rings. The van der Waals surface area contributed by atoms with Gasteiger partial charge in [-0.05, 0) is 130 Å². The van der Waals surface area contributed by atoms with Crippen LogP contribution in [0.1, 0.15) is 80.3 Å². The summed E-state index contributed by atoms with van der Waals surface area (Å²) in [6.45, 7) is 7.18. The third kappa shape index (κ3) is 9.09. The molecule has 2 fully saturated rings. The predicted molar refractivity (Wildman–Crippen MR) is 221 cm³/mol. The Labute approximate surface area is 345 Å². The third-order valence-corrected chi connectivity index (χ3v) is 11.9. The molecular formula is C46H48F5N5O4. The highest BCUT2D eigenvalue weighted by molar-refractivity contribution is 6.09. The normalized spacial score (nSPS) is 19.0. The van der Waals surface area contributed by atoms with Crippen LogP contribution in [-0.4, -0.2) is 61.5 Å². The largest absolute Gasteiger partial charge is 0.418 e. The Kier molecular flexibility index (Phi) is 12.4. The summed E-state index contributed by atoms with van der Waals surface area (Å²) in [5, 5.41) is 5.14. The molecule has 3 amide bonds. The summed E-state index contributed by atoms with van der Waals surface area (Å²) in [7, 11) is 0. The number of allylic oxidation sites excluding steroid dienone is 5. The molecule has 1 aliphatic carbocycles. The molecule has 14 heteroatoms. The topological polar surface area (TPSA) is 117 Å². The zero-order valence-corrected chi connectivity index (χ0v) is 33.6. The molecule has 3 heterocycles. The van der Waals surface area contributed by atoms with E-state index in [4.69, 9.17) is 10.5 Å². The van der Waals surface area contributed by atoms with Crippen LogP contribution in [0.3, 0.4) is 0 Å². The molecule has 2 saturated heterocycles. The number of para-hydroxylation sites is 1. The summed E-state index contributed by atoms with van der Waals surface area (Å²) in [4.78, 5) is 45.3. The summed E-state index contributed by atoms with van der Waals surface area (Å²) in [5.74, 6) is -3.35. The van der Waals surface area contributed by atoms with Gasteiger partial charge in [-0.3, -0.25) is 19.3 Å². The predicted octanol–water partition coefficient (Wildman–Crippen LogP) is 9.16. The molecule has 4 N–H and O–H groups in total. The number of nitrogens with one attached hydrogen (secondary N) is 2. The molecule has 1 spiro atoms. The van der Waals surface area contributed by atoms with Crippen molar-refractivity contribution in [2.45, 2.75) is 71.0 Å². The van der Waals surface area contributed by atoms with E-state index in [1.165, 1.54) is 17.0 Å². The SMILES string of the molecule is CCC(/C(=C\C=C(\C)N)C(=O)Nc1ccc(C(=O)N2CCC3=C(CCCC(C(=O)Nc4c(F)cccc4C(F)(F)F)=C3)c3ccc(F)cc32)cc1)N1CC2(CCOCC2)C1. The number of anilines is 3. The first-order valence-electron chi connectivity index (χ1n) is 20.2. The Morgan fingerprint density at radius 1 is 0.950 bits per heavy atom. The van der Waals surface area contributed by atoms with Gasteiger partial charge >= 0.3 is 6.18 Å². The van der Waals surface area contributed by atoms with E-state index in [0.29, 0.717) is 59.1 Å². The lowest BCUT2D eigenvalue weighted by atomic mass is 9.72. The standard InChI is InChI=1S/C46H48F5N5O4/c1-3-39(55-26-45(27-55)19-22-60-23-20-45)36(16-10-28(2)52)43(58)53-33-14-11-29(12-15-33)44(59)56-21-18-30-24-31(6-4-7-34(30)35-17-13-32(47)25-40(35)56)42(57)54-41-37(46(49,50)51)8-5-9-38(41)48/h5,8-17,24-25,39H,3-4,6-7,18-23,26-27,52H2,1-2H3,(H,53,58)(H,54,57)/b28-10-,36-16+. The van der Waals surface area contributed by atoms with E-state index in [9.17, 15) is 36.3 Å². The number of benzene rings is 3. The maximum absolute atomic E-state index is 14.9. The van der Waals surface area contributed by atoms with Crippen LogP contribution in [0.2, 0.25) is 0 Å². The van der Waals surface area contributed by atoms with Crippen LogP contribution in [0.15, 0.2) is 101 Å². The minimum atomic E-state index is -4.90. The van der Waals surface area contributed by atoms with Gasteiger partial charge in [-0.25, -0.2) is 8.78 Å². The van der Waals surface area contributed by atoms with Gasteiger partial charge in [-0.2, -0.15) is 13.2 Å². The van der Waals surface area contributed by atoms with Crippen LogP contribution in [-0.2, 0) is 20.5 Å². The molecule has 0 saturated carbocycles. The van der Waals surface area contributed by atoms with Gasteiger partial charge in [0.25, 0.3) is 17.7 Å². The van der Waals surface area contributed by atoms with E-state index in [1.54, 1.807) is 55.5 Å². The van der Waals surface area contributed by atoms with Gasteiger partial charge in [0.2, 0.25) is 0 Å². The van der Waals surface area contributed by atoms with Crippen LogP contribution < -0.4 is 21.3 Å². The number of hydrogen-bond acceptors (Lipinski definition) is 6. The van der Waals surface area contributed by atoms with E-state index >= 15 is 0 Å². The van der Waals surface area contributed by atoms with Gasteiger partial charge in [0.1, 0.15) is 11.6 Å². The molecule has 3 aliphatic heterocycles. The number of carbonyl (C=O) groups excluding carboxylic acids is 3. The number of nitrogens with zero attached hydrogens (tertiary/aromatic N) is 2. The fraction of sp³-hybridized carbons (Fsp3) is 0.370. The highest BCUT2D eigenvalue weighted by Crippen LogP contribution is 2.44. The van der Waals surface area contributed by atoms with Gasteiger partial charge in [0.15, 0.2) is 0 Å². The second-order valence-corrected chi connectivity index (χ2v) is 16.0. The Morgan fingerprint density at radius 3 is 2.37 bits per heavy atom. The zero-order chi connectivity index (χ0) is 42.8. The van der Waals surface area contributed by atoms with E-state index in [0.717, 1.165) is 56.9 Å². The molecule has 3 aromatic carbocycles. The molecule has 0 radical (unpaired) electrons. The van der Waals surface area contributed by atoms with E-state index in [-0.39, 0.29) is 47.9 Å². The quantitative estimate of drug-likeness (QED) is 0.113. The molecule has 0 aromatic heterocycles. The van der Waals surface area contributed by atoms with Crippen LogP contribution in [0, 0.1) is 17.0 Å². The second kappa shape index (κ2) is 17.6. The molecule has 3 aromatic rings. The summed E-state index contributed by atoms with van der Waals surface area (Å²) in [6, 6.07) is 13.0. The van der Waals surface area contributed by atoms with E-state index < -0.39 is 40.9 Å². The first-order valence-corrected chi connectivity index (χ1v) is 20.2. The van der Waals surface area contributed by atoms with Gasteiger partial charge in [0, 0.05) is 78.0 Å². The molecule has 1 unspecified atom stereocenters. The van der Waals surface area contributed by atoms with Crippen molar-refractivity contribution >= 4 is 40.4 Å². The Bertz CT molecular complexity index is 2280. The number of hydrogen-bond donors (Lipinski definition) is 3. The first kappa shape index (κ1) is 42.5. The van der Waals surface area contributed by atoms with Gasteiger partial charge in [0.05, 0.1) is 16.9 Å². The fourth-order valence-electron chi connectivity index (χ4n) is 8.77. The van der Waals surface area contributed by atoms with E-state index in [1.807, 2.05) is 0 Å². The number of rotatable bonds is 9. The van der Waals surface area contributed by atoms with Crippen molar-refractivity contribution < 1.29 is 41.1 Å². The first-order chi connectivity index (χ1) is 28.7. The summed E-state index contributed by atoms with van der Waals surface area (Å²) in [5.41, 5.74) is 8.35. The molecule has 60 heavy (non-hydrogen) atoms. The van der Waals surface area contributed by atoms with Gasteiger partial charge < -0.3 is 26.0 Å². The number of amides is 3. The number of nitrogens with two attached hydrogens (primary N) is 1. The Balaban J connectivity index is 1.09. The Hall–Kier alpha value is -5.60. The van der Waals surface area contributed by atoms with Crippen molar-refractivity contribution in [1.29, 1.82) is 0 Å². The third-order valence-electron chi connectivity index (χ3n) is 11.9. The highest BCUT2D eigenvalue weighted by atomic mass is 19.4. The smallest absolute Gasteiger partial charge is 0.402 e. The van der Waals surface area contributed by atoms with Crippen molar-refractivity contribution in [3.05, 3.63) is 130 Å². The van der Waals surface area contributed by atoms with Gasteiger partial charge in [-0.1, -0.05) is 19.1 Å². The summed E-state index contributed by atoms with van der Waals surface area (Å²) >= 11 is 0. The van der Waals surface area contributed by atoms with Crippen molar-refractivity contribution in [3.8, 4) is 0 Å². The van der Waals surface area contributed by atoms with Crippen LogP contribution in [0.5, 0.6) is 0 Å². The molecule has 7 rings (SSSR count). The van der Waals surface area contributed by atoms with Crippen LogP contribution in [0.25, 0.3) is 5.57 Å². The highest BCUT2D eigenvalue weighted by Gasteiger charge is 2.47. The van der Waals surface area contributed by atoms with Crippen molar-refractivity contribution in [2.24, 2.45) is 11.1 Å². The number of halogens is 5. The van der Waals surface area contributed by atoms with Crippen molar-refractivity contribution in [3.63, 3.8) is 0 Å². The number of alkyl halides is 3. The van der Waals surface area contributed by atoms with E-state index in [2.05, 4.69) is 22.5 Å². The average Bonchev–Trinajstić information content (AvgIpc) is 3.50. The molecule has 9 nitrogen and oxygen atoms in total. The molecule has 316 valence electrons. The second-order valence-electron chi connectivity index (χ2n) is 16.0. The minimum Gasteiger partial charge on any atom is -0.402 e. The Morgan fingerprint density at radius 2 is 1.68 bits per heavy atom. The lowest BCUT2D eigenvalue weighted by Gasteiger charge is -2.55. The maximum atomic E-state index is 14.9. The van der Waals surface area contributed by atoms with Crippen LogP contribution >= 0.6 is 0 Å². The number of carbonyl (C=O) groups is 3. The molecule has 0 bridgehead atoms. The van der Waals surface area contributed by atoms with Crippen LogP contribution in [0.4, 0.5) is 39.0 Å². The summed E-state index contributed by atoms with van der Waals surface area (Å²) < 4.78 is 76.2. The monoisotopic (exact) mass is 829 g/mol. The van der Waals surface area contributed by atoms with Crippen molar-refractivity contribution in [1.82, 2.24) is 4.90 Å². The number of likely N-dealkylation sites (tertiary alicyclic amines) is 1. The number of fused-ring (bicyclic) bond motifs is 2. The maximum Gasteiger partial charge on any atom is 0.418 e. The zero-order valence-electron chi connectivity index (χ0n) is 33.6. The fourth-order valence-corrected chi connectivity index (χ4v) is 8.77. The van der Waals surface area contributed by atoms with Gasteiger partial charge in [-0.15, -0.1) is 0 Å².